The van der Waals surface area contributed by atoms with E-state index in [1.54, 1.807) is 0 Å². The predicted molar refractivity (Wildman–Crippen MR) is 109 cm³/mol. The SMILES string of the molecule is CNC(=O)COC(=O)CCCC1CCN(c2cccc(N3CCCC3)n2)CC1. The Morgan fingerprint density at radius 3 is 2.39 bits per heavy atom. The molecule has 1 N–H and O–H groups in total. The highest BCUT2D eigenvalue weighted by Gasteiger charge is 2.21. The van der Waals surface area contributed by atoms with E-state index in [0.717, 1.165) is 63.5 Å². The van der Waals surface area contributed by atoms with Crippen molar-refractivity contribution >= 4 is 23.5 Å². The van der Waals surface area contributed by atoms with Crippen LogP contribution in [0.1, 0.15) is 44.9 Å². The maximum atomic E-state index is 11.7. The van der Waals surface area contributed by atoms with Crippen LogP contribution in [0, 0.1) is 5.92 Å². The molecule has 28 heavy (non-hydrogen) atoms. The second-order valence-corrected chi connectivity index (χ2v) is 7.70. The first kappa shape index (κ1) is 20.4. The lowest BCUT2D eigenvalue weighted by atomic mass is 9.91. The Kier molecular flexibility index (Phi) is 7.51. The lowest BCUT2D eigenvalue weighted by Gasteiger charge is -2.33. The first-order chi connectivity index (χ1) is 13.7. The summed E-state index contributed by atoms with van der Waals surface area (Å²) in [6, 6.07) is 6.35. The molecule has 2 aliphatic heterocycles. The smallest absolute Gasteiger partial charge is 0.306 e. The number of hydrogen-bond donors (Lipinski definition) is 1. The summed E-state index contributed by atoms with van der Waals surface area (Å²) < 4.78 is 4.94. The van der Waals surface area contributed by atoms with Crippen molar-refractivity contribution in [3.8, 4) is 0 Å². The van der Waals surface area contributed by atoms with E-state index in [1.807, 2.05) is 0 Å². The van der Waals surface area contributed by atoms with E-state index in [1.165, 1.54) is 19.9 Å². The number of amides is 1. The van der Waals surface area contributed by atoms with Gasteiger partial charge in [-0.3, -0.25) is 9.59 Å². The normalized spacial score (nSPS) is 17.6. The number of likely N-dealkylation sites (N-methyl/N-ethyl adjacent to an activating group) is 1. The van der Waals surface area contributed by atoms with Crippen LogP contribution >= 0.6 is 0 Å². The molecule has 0 aromatic carbocycles. The third kappa shape index (κ3) is 5.84. The number of anilines is 2. The summed E-state index contributed by atoms with van der Waals surface area (Å²) in [6.07, 6.45) is 7.01. The zero-order valence-corrected chi connectivity index (χ0v) is 16.9. The second-order valence-electron chi connectivity index (χ2n) is 7.70. The third-order valence-corrected chi connectivity index (χ3v) is 5.72. The Morgan fingerprint density at radius 1 is 1.11 bits per heavy atom. The van der Waals surface area contributed by atoms with Crippen LogP contribution in [-0.4, -0.2) is 56.7 Å². The molecule has 0 aliphatic carbocycles. The first-order valence-electron chi connectivity index (χ1n) is 10.5. The summed E-state index contributed by atoms with van der Waals surface area (Å²) in [6.45, 7) is 4.08. The van der Waals surface area contributed by atoms with E-state index in [9.17, 15) is 9.59 Å². The van der Waals surface area contributed by atoms with Crippen LogP contribution in [0.3, 0.4) is 0 Å². The van der Waals surface area contributed by atoms with Gasteiger partial charge in [0.1, 0.15) is 11.6 Å². The third-order valence-electron chi connectivity index (χ3n) is 5.72. The van der Waals surface area contributed by atoms with Gasteiger partial charge in [0.15, 0.2) is 6.61 Å². The van der Waals surface area contributed by atoms with E-state index < -0.39 is 0 Å². The monoisotopic (exact) mass is 388 g/mol. The fraction of sp³-hybridized carbons (Fsp3) is 0.667. The van der Waals surface area contributed by atoms with E-state index in [0.29, 0.717) is 12.3 Å². The van der Waals surface area contributed by atoms with Gasteiger partial charge < -0.3 is 19.9 Å². The molecule has 0 atom stereocenters. The lowest BCUT2D eigenvalue weighted by molar-refractivity contribution is -0.148. The molecule has 0 bridgehead atoms. The summed E-state index contributed by atoms with van der Waals surface area (Å²) in [4.78, 5) is 32.4. The van der Waals surface area contributed by atoms with Crippen LogP contribution in [-0.2, 0) is 14.3 Å². The van der Waals surface area contributed by atoms with Crippen molar-refractivity contribution in [3.05, 3.63) is 18.2 Å². The summed E-state index contributed by atoms with van der Waals surface area (Å²) in [5.41, 5.74) is 0. The van der Waals surface area contributed by atoms with Crippen molar-refractivity contribution in [2.45, 2.75) is 44.9 Å². The Labute approximate surface area is 167 Å². The highest BCUT2D eigenvalue weighted by atomic mass is 16.5. The van der Waals surface area contributed by atoms with E-state index in [-0.39, 0.29) is 18.5 Å². The summed E-state index contributed by atoms with van der Waals surface area (Å²) in [5.74, 6) is 2.27. The minimum Gasteiger partial charge on any atom is -0.456 e. The van der Waals surface area contributed by atoms with Gasteiger partial charge in [-0.2, -0.15) is 0 Å². The molecule has 1 amide bonds. The van der Waals surface area contributed by atoms with Gasteiger partial charge in [0.05, 0.1) is 0 Å². The van der Waals surface area contributed by atoms with Crippen LogP contribution in [0.2, 0.25) is 0 Å². The molecule has 0 radical (unpaired) electrons. The van der Waals surface area contributed by atoms with Crippen molar-refractivity contribution in [2.75, 3.05) is 49.6 Å². The topological polar surface area (TPSA) is 74.8 Å². The Hall–Kier alpha value is -2.31. The van der Waals surface area contributed by atoms with Gasteiger partial charge >= 0.3 is 5.97 Å². The quantitative estimate of drug-likeness (QED) is 0.689. The number of carbonyl (C=O) groups excluding carboxylic acids is 2. The molecule has 7 heteroatoms. The lowest BCUT2D eigenvalue weighted by Crippen LogP contribution is -2.34. The van der Waals surface area contributed by atoms with Gasteiger partial charge in [0.25, 0.3) is 5.91 Å². The Balaban J connectivity index is 1.37. The zero-order chi connectivity index (χ0) is 19.8. The van der Waals surface area contributed by atoms with E-state index >= 15 is 0 Å². The number of nitrogens with one attached hydrogen (secondary N) is 1. The maximum absolute atomic E-state index is 11.7. The van der Waals surface area contributed by atoms with Gasteiger partial charge in [0, 0.05) is 39.6 Å². The molecule has 1 aromatic heterocycles. The molecule has 1 aromatic rings. The largest absolute Gasteiger partial charge is 0.456 e. The maximum Gasteiger partial charge on any atom is 0.306 e. The van der Waals surface area contributed by atoms with Crippen molar-refractivity contribution in [2.24, 2.45) is 5.92 Å². The average Bonchev–Trinajstić information content (AvgIpc) is 3.27. The van der Waals surface area contributed by atoms with Gasteiger partial charge in [-0.05, 0) is 56.6 Å². The molecule has 7 nitrogen and oxygen atoms in total. The molecular weight excluding hydrogens is 356 g/mol. The Bertz CT molecular complexity index is 653. The van der Waals surface area contributed by atoms with Crippen LogP contribution < -0.4 is 15.1 Å². The first-order valence-corrected chi connectivity index (χ1v) is 10.5. The van der Waals surface area contributed by atoms with Crippen molar-refractivity contribution in [3.63, 3.8) is 0 Å². The molecular formula is C21H32N4O3. The van der Waals surface area contributed by atoms with Crippen molar-refractivity contribution < 1.29 is 14.3 Å². The number of piperidine rings is 1. The zero-order valence-electron chi connectivity index (χ0n) is 16.9. The molecule has 0 spiro atoms. The van der Waals surface area contributed by atoms with Crippen molar-refractivity contribution in [1.29, 1.82) is 0 Å². The number of nitrogens with zero attached hydrogens (tertiary/aromatic N) is 3. The standard InChI is InChI=1S/C21H32N4O3/c1-22-20(26)16-28-21(27)9-4-6-17-10-14-25(15-11-17)19-8-5-7-18(23-19)24-12-2-3-13-24/h5,7-8,17H,2-4,6,9-16H2,1H3,(H,22,26). The number of ether oxygens (including phenoxy) is 1. The predicted octanol–water partition coefficient (Wildman–Crippen LogP) is 2.36. The molecule has 2 fully saturated rings. The Morgan fingerprint density at radius 2 is 1.75 bits per heavy atom. The van der Waals surface area contributed by atoms with Crippen LogP contribution in [0.25, 0.3) is 0 Å². The fourth-order valence-electron chi connectivity index (χ4n) is 3.99. The van der Waals surface area contributed by atoms with Gasteiger partial charge in [-0.25, -0.2) is 4.98 Å². The highest BCUT2D eigenvalue weighted by Crippen LogP contribution is 2.27. The molecule has 3 heterocycles. The molecule has 154 valence electrons. The number of esters is 1. The van der Waals surface area contributed by atoms with Crippen LogP contribution in [0.4, 0.5) is 11.6 Å². The van der Waals surface area contributed by atoms with E-state index in [4.69, 9.17) is 9.72 Å². The number of pyridine rings is 1. The fourth-order valence-corrected chi connectivity index (χ4v) is 3.99. The highest BCUT2D eigenvalue weighted by molar-refractivity contribution is 5.80. The number of carbonyl (C=O) groups is 2. The van der Waals surface area contributed by atoms with Gasteiger partial charge in [-0.1, -0.05) is 6.07 Å². The summed E-state index contributed by atoms with van der Waals surface area (Å²) in [7, 11) is 1.53. The molecule has 0 saturated carbocycles. The molecule has 2 aliphatic rings. The van der Waals surface area contributed by atoms with Crippen LogP contribution in [0.15, 0.2) is 18.2 Å². The van der Waals surface area contributed by atoms with Crippen LogP contribution in [0.5, 0.6) is 0 Å². The number of rotatable bonds is 8. The molecule has 3 rings (SSSR count). The average molecular weight is 389 g/mol. The number of aromatic nitrogens is 1. The van der Waals surface area contributed by atoms with E-state index in [2.05, 4.69) is 33.3 Å². The summed E-state index contributed by atoms with van der Waals surface area (Å²) >= 11 is 0. The number of hydrogen-bond acceptors (Lipinski definition) is 6. The minimum atomic E-state index is -0.288. The van der Waals surface area contributed by atoms with Gasteiger partial charge in [-0.15, -0.1) is 0 Å². The second kappa shape index (κ2) is 10.3. The molecule has 0 unspecified atom stereocenters. The summed E-state index contributed by atoms with van der Waals surface area (Å²) in [5, 5.41) is 2.44. The van der Waals surface area contributed by atoms with Gasteiger partial charge in [0.2, 0.25) is 0 Å². The van der Waals surface area contributed by atoms with Crippen molar-refractivity contribution in [1.82, 2.24) is 10.3 Å². The minimum absolute atomic E-state index is 0.183. The molecule has 2 saturated heterocycles.